The van der Waals surface area contributed by atoms with Crippen molar-refractivity contribution in [2.45, 2.75) is 39.0 Å². The van der Waals surface area contributed by atoms with Gasteiger partial charge in [-0.25, -0.2) is 4.39 Å². The molecule has 0 fully saturated rings. The molecule has 1 nitrogen and oxygen atoms in total. The Morgan fingerprint density at radius 1 is 0.952 bits per heavy atom. The lowest BCUT2D eigenvalue weighted by molar-refractivity contribution is 0.0908. The summed E-state index contributed by atoms with van der Waals surface area (Å²) in [6.07, 6.45) is 0. The highest BCUT2D eigenvalue weighted by molar-refractivity contribution is 6.03. The number of hydrogen-bond donors (Lipinski definition) is 0. The summed E-state index contributed by atoms with van der Waals surface area (Å²) in [6.45, 7) is 8.00. The molecule has 110 valence electrons. The summed E-state index contributed by atoms with van der Waals surface area (Å²) in [5.74, 6) is 0.201. The normalized spacial score (nSPS) is 11.7. The molecule has 2 rings (SSSR count). The van der Waals surface area contributed by atoms with E-state index in [1.807, 2.05) is 38.1 Å². The van der Waals surface area contributed by atoms with Gasteiger partial charge in [0.2, 0.25) is 0 Å². The highest BCUT2D eigenvalue weighted by Crippen LogP contribution is 2.28. The second-order valence-electron chi connectivity index (χ2n) is 6.24. The van der Waals surface area contributed by atoms with Gasteiger partial charge in [-0.2, -0.15) is 0 Å². The van der Waals surface area contributed by atoms with Crippen molar-refractivity contribution in [3.8, 4) is 0 Å². The molecule has 0 aliphatic rings. The number of rotatable bonds is 4. The fourth-order valence-corrected chi connectivity index (χ4v) is 2.38. The van der Waals surface area contributed by atoms with E-state index in [1.165, 1.54) is 17.7 Å². The molecule has 0 radical (unpaired) electrons. The zero-order chi connectivity index (χ0) is 15.6. The van der Waals surface area contributed by atoms with Gasteiger partial charge in [0.1, 0.15) is 5.82 Å². The molecular formula is C19H21FO. The van der Waals surface area contributed by atoms with E-state index >= 15 is 0 Å². The lowest BCUT2D eigenvalue weighted by Gasteiger charge is -2.24. The first-order valence-electron chi connectivity index (χ1n) is 7.23. The predicted octanol–water partition coefficient (Wildman–Crippen LogP) is 5.11. The Hall–Kier alpha value is -1.96. The molecule has 0 spiro atoms. The van der Waals surface area contributed by atoms with Gasteiger partial charge in [0.15, 0.2) is 5.78 Å². The second kappa shape index (κ2) is 5.80. The Balaban J connectivity index is 2.31. The molecule has 2 aromatic rings. The molecule has 0 unspecified atom stereocenters. The monoisotopic (exact) mass is 284 g/mol. The number of ketones is 1. The molecule has 0 aliphatic heterocycles. The summed E-state index contributed by atoms with van der Waals surface area (Å²) >= 11 is 0. The van der Waals surface area contributed by atoms with E-state index in [0.29, 0.717) is 11.5 Å². The Morgan fingerprint density at radius 2 is 1.48 bits per heavy atom. The average molecular weight is 284 g/mol. The predicted molar refractivity (Wildman–Crippen MR) is 84.3 cm³/mol. The molecule has 2 heteroatoms. The summed E-state index contributed by atoms with van der Waals surface area (Å²) in [4.78, 5) is 12.7. The maximum absolute atomic E-state index is 13.0. The third kappa shape index (κ3) is 3.21. The molecule has 0 saturated heterocycles. The number of Topliss-reactive ketones (excluding diaryl/α,β-unsaturated/α-hetero) is 1. The van der Waals surface area contributed by atoms with Gasteiger partial charge in [-0.05, 0) is 43.0 Å². The third-order valence-corrected chi connectivity index (χ3v) is 3.97. The smallest absolute Gasteiger partial charge is 0.172 e. The van der Waals surface area contributed by atoms with Crippen molar-refractivity contribution >= 4 is 5.78 Å². The van der Waals surface area contributed by atoms with E-state index in [9.17, 15) is 9.18 Å². The highest BCUT2D eigenvalue weighted by Gasteiger charge is 2.30. The van der Waals surface area contributed by atoms with Gasteiger partial charge < -0.3 is 0 Å². The van der Waals surface area contributed by atoms with Crippen molar-refractivity contribution in [3.63, 3.8) is 0 Å². The van der Waals surface area contributed by atoms with E-state index in [-0.39, 0.29) is 11.6 Å². The fourth-order valence-electron chi connectivity index (χ4n) is 2.38. The van der Waals surface area contributed by atoms with E-state index in [2.05, 4.69) is 13.8 Å². The summed E-state index contributed by atoms with van der Waals surface area (Å²) in [6, 6.07) is 13.9. The molecule has 2 aromatic carbocycles. The number of halogens is 1. The standard InChI is InChI=1S/C19H21FO/c1-13(2)14-5-7-15(8-6-14)18(21)19(3,4)16-9-11-17(20)12-10-16/h5-13H,1-4H3. The Morgan fingerprint density at radius 3 is 1.95 bits per heavy atom. The van der Waals surface area contributed by atoms with Crippen LogP contribution in [0.3, 0.4) is 0 Å². The summed E-state index contributed by atoms with van der Waals surface area (Å²) < 4.78 is 13.0. The molecule has 0 amide bonds. The first-order chi connectivity index (χ1) is 9.82. The first-order valence-corrected chi connectivity index (χ1v) is 7.23. The van der Waals surface area contributed by atoms with E-state index in [1.54, 1.807) is 12.1 Å². The topological polar surface area (TPSA) is 17.1 Å². The zero-order valence-corrected chi connectivity index (χ0v) is 13.0. The molecule has 0 N–H and O–H groups in total. The maximum atomic E-state index is 13.0. The van der Waals surface area contributed by atoms with Crippen molar-refractivity contribution in [1.29, 1.82) is 0 Å². The summed E-state index contributed by atoms with van der Waals surface area (Å²) in [5, 5.41) is 0. The molecule has 0 heterocycles. The molecule has 0 atom stereocenters. The van der Waals surface area contributed by atoms with Crippen LogP contribution >= 0.6 is 0 Å². The van der Waals surface area contributed by atoms with Gasteiger partial charge in [0, 0.05) is 5.56 Å². The van der Waals surface area contributed by atoms with Crippen LogP contribution in [0, 0.1) is 5.82 Å². The van der Waals surface area contributed by atoms with Crippen LogP contribution < -0.4 is 0 Å². The van der Waals surface area contributed by atoms with Crippen LogP contribution in [-0.4, -0.2) is 5.78 Å². The molecular weight excluding hydrogens is 263 g/mol. The molecule has 0 bridgehead atoms. The second-order valence-corrected chi connectivity index (χ2v) is 6.24. The number of carbonyl (C=O) groups is 1. The summed E-state index contributed by atoms with van der Waals surface area (Å²) in [7, 11) is 0. The minimum absolute atomic E-state index is 0.0458. The van der Waals surface area contributed by atoms with Crippen LogP contribution in [0.15, 0.2) is 48.5 Å². The highest BCUT2D eigenvalue weighted by atomic mass is 19.1. The van der Waals surface area contributed by atoms with Gasteiger partial charge in [0.25, 0.3) is 0 Å². The average Bonchev–Trinajstić information content (AvgIpc) is 2.47. The van der Waals surface area contributed by atoms with Crippen molar-refractivity contribution < 1.29 is 9.18 Å². The molecule has 0 aliphatic carbocycles. The van der Waals surface area contributed by atoms with Crippen LogP contribution in [0.4, 0.5) is 4.39 Å². The SMILES string of the molecule is CC(C)c1ccc(C(=O)C(C)(C)c2ccc(F)cc2)cc1. The van der Waals surface area contributed by atoms with E-state index in [0.717, 1.165) is 5.56 Å². The van der Waals surface area contributed by atoms with Gasteiger partial charge in [0.05, 0.1) is 5.41 Å². The number of carbonyl (C=O) groups excluding carboxylic acids is 1. The Kier molecular flexibility index (Phi) is 4.26. The van der Waals surface area contributed by atoms with Gasteiger partial charge >= 0.3 is 0 Å². The van der Waals surface area contributed by atoms with E-state index < -0.39 is 5.41 Å². The van der Waals surface area contributed by atoms with Crippen LogP contribution in [0.2, 0.25) is 0 Å². The number of hydrogen-bond acceptors (Lipinski definition) is 1. The lowest BCUT2D eigenvalue weighted by atomic mass is 9.78. The quantitative estimate of drug-likeness (QED) is 0.713. The molecule has 0 saturated carbocycles. The lowest BCUT2D eigenvalue weighted by Crippen LogP contribution is -2.29. The van der Waals surface area contributed by atoms with Crippen LogP contribution in [-0.2, 0) is 5.41 Å². The number of benzene rings is 2. The van der Waals surface area contributed by atoms with E-state index in [4.69, 9.17) is 0 Å². The van der Waals surface area contributed by atoms with Crippen molar-refractivity contribution in [3.05, 3.63) is 71.0 Å². The van der Waals surface area contributed by atoms with Crippen molar-refractivity contribution in [2.75, 3.05) is 0 Å². The maximum Gasteiger partial charge on any atom is 0.172 e. The van der Waals surface area contributed by atoms with Crippen LogP contribution in [0.25, 0.3) is 0 Å². The van der Waals surface area contributed by atoms with Crippen molar-refractivity contribution in [1.82, 2.24) is 0 Å². The summed E-state index contributed by atoms with van der Waals surface area (Å²) in [5.41, 5.74) is 2.05. The molecule has 0 aromatic heterocycles. The largest absolute Gasteiger partial charge is 0.293 e. The fraction of sp³-hybridized carbons (Fsp3) is 0.316. The Bertz CT molecular complexity index is 622. The molecule has 21 heavy (non-hydrogen) atoms. The van der Waals surface area contributed by atoms with Gasteiger partial charge in [-0.3, -0.25) is 4.79 Å². The minimum Gasteiger partial charge on any atom is -0.293 e. The van der Waals surface area contributed by atoms with Gasteiger partial charge in [-0.1, -0.05) is 50.2 Å². The van der Waals surface area contributed by atoms with Crippen LogP contribution in [0.5, 0.6) is 0 Å². The van der Waals surface area contributed by atoms with Crippen molar-refractivity contribution in [2.24, 2.45) is 0 Å². The van der Waals surface area contributed by atoms with Crippen LogP contribution in [0.1, 0.15) is 55.1 Å². The zero-order valence-electron chi connectivity index (χ0n) is 13.0. The third-order valence-electron chi connectivity index (χ3n) is 3.97. The first kappa shape index (κ1) is 15.4. The van der Waals surface area contributed by atoms with Gasteiger partial charge in [-0.15, -0.1) is 0 Å². The Labute approximate surface area is 125 Å². The minimum atomic E-state index is -0.674.